The summed E-state index contributed by atoms with van der Waals surface area (Å²) < 4.78 is 29.1. The van der Waals surface area contributed by atoms with Crippen LogP contribution in [0.15, 0.2) is 47.4 Å². The van der Waals surface area contributed by atoms with Gasteiger partial charge in [-0.2, -0.15) is 5.26 Å². The van der Waals surface area contributed by atoms with E-state index in [0.717, 1.165) is 29.7 Å². The van der Waals surface area contributed by atoms with Crippen molar-refractivity contribution >= 4 is 21.4 Å². The van der Waals surface area contributed by atoms with E-state index in [1.54, 1.807) is 41.3 Å². The highest BCUT2D eigenvalue weighted by molar-refractivity contribution is 7.90. The van der Waals surface area contributed by atoms with Crippen molar-refractivity contribution in [1.29, 1.82) is 5.26 Å². The maximum absolute atomic E-state index is 12.6. The van der Waals surface area contributed by atoms with Crippen LogP contribution >= 0.6 is 0 Å². The van der Waals surface area contributed by atoms with Gasteiger partial charge in [0, 0.05) is 18.5 Å². The van der Waals surface area contributed by atoms with Crippen molar-refractivity contribution < 1.29 is 17.9 Å². The van der Waals surface area contributed by atoms with Crippen molar-refractivity contribution in [2.45, 2.75) is 24.2 Å². The Bertz CT molecular complexity index is 992. The first kappa shape index (κ1) is 18.9. The fraction of sp³-hybridized carbons (Fsp3) is 0.300. The van der Waals surface area contributed by atoms with Crippen molar-refractivity contribution in [2.24, 2.45) is 0 Å². The number of benzene rings is 2. The molecule has 0 bridgehead atoms. The molecule has 2 aromatic rings. The lowest BCUT2D eigenvalue weighted by atomic mass is 10.0. The van der Waals surface area contributed by atoms with Crippen LogP contribution in [-0.4, -0.2) is 33.7 Å². The maximum Gasteiger partial charge on any atom is 0.264 e. The predicted octanol–water partition coefficient (Wildman–Crippen LogP) is 2.51. The number of rotatable bonds is 5. The second-order valence-electron chi connectivity index (χ2n) is 6.48. The molecule has 0 fully saturated rings. The largest absolute Gasteiger partial charge is 0.484 e. The average molecular weight is 384 g/mol. The molecule has 1 aliphatic heterocycles. The van der Waals surface area contributed by atoms with Crippen molar-refractivity contribution in [3.63, 3.8) is 0 Å². The van der Waals surface area contributed by atoms with Crippen LogP contribution in [0.25, 0.3) is 0 Å². The quantitative estimate of drug-likeness (QED) is 0.790. The van der Waals surface area contributed by atoms with Gasteiger partial charge in [0.2, 0.25) is 0 Å². The molecule has 0 atom stereocenters. The predicted molar refractivity (Wildman–Crippen MR) is 101 cm³/mol. The molecule has 6 nitrogen and oxygen atoms in total. The Labute approximate surface area is 158 Å². The monoisotopic (exact) mass is 384 g/mol. The van der Waals surface area contributed by atoms with Gasteiger partial charge >= 0.3 is 0 Å². The minimum absolute atomic E-state index is 0.106. The van der Waals surface area contributed by atoms with E-state index in [1.165, 1.54) is 12.3 Å². The van der Waals surface area contributed by atoms with Crippen LogP contribution in [0.2, 0.25) is 0 Å². The SMILES string of the molecule is CS(=O)(=O)c1ccc2c(c1)CCCN2C(=O)COc1ccc(CC#N)cc1. The molecule has 0 radical (unpaired) electrons. The number of hydrogen-bond acceptors (Lipinski definition) is 5. The van der Waals surface area contributed by atoms with E-state index in [1.807, 2.05) is 0 Å². The first-order chi connectivity index (χ1) is 12.9. The van der Waals surface area contributed by atoms with Gasteiger partial charge in [-0.05, 0) is 54.3 Å². The first-order valence-corrected chi connectivity index (χ1v) is 10.5. The highest BCUT2D eigenvalue weighted by Crippen LogP contribution is 2.29. The summed E-state index contributed by atoms with van der Waals surface area (Å²) in [6.07, 6.45) is 3.02. The average Bonchev–Trinajstić information content (AvgIpc) is 2.66. The van der Waals surface area contributed by atoms with Crippen molar-refractivity contribution in [1.82, 2.24) is 0 Å². The van der Waals surface area contributed by atoms with Crippen LogP contribution in [0, 0.1) is 11.3 Å². The number of ether oxygens (including phenoxy) is 1. The number of amides is 1. The molecule has 0 saturated carbocycles. The van der Waals surface area contributed by atoms with E-state index < -0.39 is 9.84 Å². The molecular weight excluding hydrogens is 364 g/mol. The van der Waals surface area contributed by atoms with Crippen molar-refractivity contribution in [2.75, 3.05) is 24.3 Å². The van der Waals surface area contributed by atoms with Gasteiger partial charge in [-0.1, -0.05) is 12.1 Å². The normalized spacial score (nSPS) is 13.6. The van der Waals surface area contributed by atoms with Gasteiger partial charge in [0.1, 0.15) is 5.75 Å². The summed E-state index contributed by atoms with van der Waals surface area (Å²) in [5.41, 5.74) is 2.49. The van der Waals surface area contributed by atoms with Crippen molar-refractivity contribution in [3.8, 4) is 11.8 Å². The molecule has 0 aromatic heterocycles. The third-order valence-corrected chi connectivity index (χ3v) is 5.58. The standard InChI is InChI=1S/C20H20N2O4S/c1-27(24,25)18-8-9-19-16(13-18)3-2-12-22(19)20(23)14-26-17-6-4-15(5-7-17)10-11-21/h4-9,13H,2-3,10,12,14H2,1H3. The number of carbonyl (C=O) groups excluding carboxylic acids is 1. The van der Waals surface area contributed by atoms with E-state index >= 15 is 0 Å². The lowest BCUT2D eigenvalue weighted by Crippen LogP contribution is -2.38. The lowest BCUT2D eigenvalue weighted by molar-refractivity contribution is -0.120. The molecule has 0 spiro atoms. The molecule has 0 unspecified atom stereocenters. The molecule has 27 heavy (non-hydrogen) atoms. The summed E-state index contributed by atoms with van der Waals surface area (Å²) >= 11 is 0. The molecule has 7 heteroatoms. The van der Waals surface area contributed by atoms with Crippen LogP contribution in [-0.2, 0) is 27.5 Å². The molecular formula is C20H20N2O4S. The van der Waals surface area contributed by atoms with Crippen molar-refractivity contribution in [3.05, 3.63) is 53.6 Å². The second-order valence-corrected chi connectivity index (χ2v) is 8.49. The lowest BCUT2D eigenvalue weighted by Gasteiger charge is -2.29. The topological polar surface area (TPSA) is 87.5 Å². The number of sulfone groups is 1. The summed E-state index contributed by atoms with van der Waals surface area (Å²) in [6, 6.07) is 14.0. The number of carbonyl (C=O) groups is 1. The molecule has 2 aromatic carbocycles. The van der Waals surface area contributed by atoms with E-state index in [4.69, 9.17) is 10.00 Å². The third kappa shape index (κ3) is 4.47. The molecule has 0 aliphatic carbocycles. The van der Waals surface area contributed by atoms with Gasteiger partial charge in [-0.15, -0.1) is 0 Å². The third-order valence-electron chi connectivity index (χ3n) is 4.47. The van der Waals surface area contributed by atoms with E-state index in [-0.39, 0.29) is 17.4 Å². The molecule has 1 amide bonds. The molecule has 140 valence electrons. The molecule has 0 saturated heterocycles. The zero-order valence-corrected chi connectivity index (χ0v) is 15.8. The molecule has 1 heterocycles. The van der Waals surface area contributed by atoms with E-state index in [0.29, 0.717) is 18.7 Å². The Hall–Kier alpha value is -2.85. The number of anilines is 1. The minimum atomic E-state index is -3.28. The summed E-state index contributed by atoms with van der Waals surface area (Å²) in [4.78, 5) is 14.5. The Kier molecular flexibility index (Phi) is 5.47. The Morgan fingerprint density at radius 1 is 1.22 bits per heavy atom. The summed E-state index contributed by atoms with van der Waals surface area (Å²) in [5.74, 6) is 0.388. The van der Waals surface area contributed by atoms with Gasteiger partial charge in [0.05, 0.1) is 17.4 Å². The number of nitrogens with zero attached hydrogens (tertiary/aromatic N) is 2. The fourth-order valence-corrected chi connectivity index (χ4v) is 3.75. The van der Waals surface area contributed by atoms with E-state index in [2.05, 4.69) is 6.07 Å². The summed E-state index contributed by atoms with van der Waals surface area (Å²) in [7, 11) is -3.28. The zero-order valence-electron chi connectivity index (χ0n) is 15.0. The van der Waals surface area contributed by atoms with Crippen LogP contribution in [0.4, 0.5) is 5.69 Å². The Morgan fingerprint density at radius 2 is 1.96 bits per heavy atom. The van der Waals surface area contributed by atoms with Gasteiger partial charge in [-0.3, -0.25) is 4.79 Å². The van der Waals surface area contributed by atoms with Crippen LogP contribution in [0.1, 0.15) is 17.5 Å². The van der Waals surface area contributed by atoms with Gasteiger partial charge in [0.25, 0.3) is 5.91 Å². The summed E-state index contributed by atoms with van der Waals surface area (Å²) in [6.45, 7) is 0.472. The van der Waals surface area contributed by atoms with E-state index in [9.17, 15) is 13.2 Å². The number of fused-ring (bicyclic) bond motifs is 1. The van der Waals surface area contributed by atoms with Gasteiger partial charge < -0.3 is 9.64 Å². The van der Waals surface area contributed by atoms with Crippen LogP contribution < -0.4 is 9.64 Å². The highest BCUT2D eigenvalue weighted by Gasteiger charge is 2.24. The number of hydrogen-bond donors (Lipinski definition) is 0. The zero-order chi connectivity index (χ0) is 19.4. The second kappa shape index (κ2) is 7.80. The van der Waals surface area contributed by atoms with Gasteiger partial charge in [0.15, 0.2) is 16.4 Å². The maximum atomic E-state index is 12.6. The highest BCUT2D eigenvalue weighted by atomic mass is 32.2. The Morgan fingerprint density at radius 3 is 2.63 bits per heavy atom. The van der Waals surface area contributed by atoms with Crippen LogP contribution in [0.3, 0.4) is 0 Å². The Balaban J connectivity index is 1.70. The molecule has 1 aliphatic rings. The van der Waals surface area contributed by atoms with Gasteiger partial charge in [-0.25, -0.2) is 8.42 Å². The number of aryl methyl sites for hydroxylation is 1. The minimum Gasteiger partial charge on any atom is -0.484 e. The fourth-order valence-electron chi connectivity index (χ4n) is 3.08. The molecule has 0 N–H and O–H groups in total. The number of nitriles is 1. The summed E-state index contributed by atoms with van der Waals surface area (Å²) in [5, 5.41) is 8.69. The smallest absolute Gasteiger partial charge is 0.264 e. The van der Waals surface area contributed by atoms with Crippen LogP contribution in [0.5, 0.6) is 5.75 Å². The first-order valence-electron chi connectivity index (χ1n) is 8.60. The molecule has 3 rings (SSSR count).